The summed E-state index contributed by atoms with van der Waals surface area (Å²) >= 11 is 0. The lowest BCUT2D eigenvalue weighted by molar-refractivity contribution is 0.308. The third-order valence-electron chi connectivity index (χ3n) is 3.62. The lowest BCUT2D eigenvalue weighted by Crippen LogP contribution is -2.09. The average molecular weight is 277 g/mol. The summed E-state index contributed by atoms with van der Waals surface area (Å²) in [5, 5.41) is 5.56. The van der Waals surface area contributed by atoms with E-state index in [1.54, 1.807) is 0 Å². The molecule has 3 aromatic carbocycles. The fraction of sp³-hybridized carbons (Fsp3) is 0.158. The van der Waals surface area contributed by atoms with Crippen LogP contribution in [-0.2, 0) is 13.2 Å². The average Bonchev–Trinajstić information content (AvgIpc) is 2.54. The molecule has 0 saturated heterocycles. The molecule has 0 aliphatic heterocycles. The SMILES string of the molecule is CNCc1ccccc1COc1cccc2ccccc12. The van der Waals surface area contributed by atoms with Gasteiger partial charge in [0.15, 0.2) is 0 Å². The molecule has 3 rings (SSSR count). The molecule has 0 aliphatic rings. The summed E-state index contributed by atoms with van der Waals surface area (Å²) in [6.45, 7) is 1.45. The van der Waals surface area contributed by atoms with E-state index in [9.17, 15) is 0 Å². The van der Waals surface area contributed by atoms with E-state index in [1.807, 2.05) is 31.3 Å². The number of nitrogens with one attached hydrogen (secondary N) is 1. The highest BCUT2D eigenvalue weighted by molar-refractivity contribution is 5.88. The molecule has 2 heteroatoms. The molecular weight excluding hydrogens is 258 g/mol. The second-order valence-electron chi connectivity index (χ2n) is 5.07. The standard InChI is InChI=1S/C19H19NO/c1-20-13-16-8-2-3-9-17(16)14-21-19-12-6-10-15-7-4-5-11-18(15)19/h2-12,20H,13-14H2,1H3. The highest BCUT2D eigenvalue weighted by Gasteiger charge is 2.04. The van der Waals surface area contributed by atoms with Crippen molar-refractivity contribution in [2.24, 2.45) is 0 Å². The quantitative estimate of drug-likeness (QED) is 0.757. The predicted molar refractivity (Wildman–Crippen MR) is 87.5 cm³/mol. The van der Waals surface area contributed by atoms with Gasteiger partial charge in [0.05, 0.1) is 0 Å². The van der Waals surface area contributed by atoms with Crippen LogP contribution in [0, 0.1) is 0 Å². The summed E-state index contributed by atoms with van der Waals surface area (Å²) in [6.07, 6.45) is 0. The normalized spacial score (nSPS) is 10.7. The van der Waals surface area contributed by atoms with Crippen LogP contribution >= 0.6 is 0 Å². The fourth-order valence-electron chi connectivity index (χ4n) is 2.54. The van der Waals surface area contributed by atoms with Crippen LogP contribution in [0.2, 0.25) is 0 Å². The van der Waals surface area contributed by atoms with Gasteiger partial charge in [-0.2, -0.15) is 0 Å². The largest absolute Gasteiger partial charge is 0.488 e. The van der Waals surface area contributed by atoms with Crippen LogP contribution in [0.3, 0.4) is 0 Å². The first-order chi connectivity index (χ1) is 10.4. The molecular formula is C19H19NO. The zero-order chi connectivity index (χ0) is 14.5. The van der Waals surface area contributed by atoms with Crippen molar-refractivity contribution < 1.29 is 4.74 Å². The van der Waals surface area contributed by atoms with Crippen LogP contribution in [0.5, 0.6) is 5.75 Å². The molecule has 0 unspecified atom stereocenters. The van der Waals surface area contributed by atoms with Crippen LogP contribution < -0.4 is 10.1 Å². The molecule has 0 heterocycles. The maximum absolute atomic E-state index is 6.06. The van der Waals surface area contributed by atoms with E-state index in [-0.39, 0.29) is 0 Å². The van der Waals surface area contributed by atoms with Gasteiger partial charge in [0.2, 0.25) is 0 Å². The van der Waals surface area contributed by atoms with Gasteiger partial charge in [0, 0.05) is 11.9 Å². The number of ether oxygens (including phenoxy) is 1. The Labute approximate surface area is 125 Å². The van der Waals surface area contributed by atoms with Gasteiger partial charge in [0.25, 0.3) is 0 Å². The summed E-state index contributed by atoms with van der Waals surface area (Å²) in [5.41, 5.74) is 2.50. The molecule has 1 N–H and O–H groups in total. The van der Waals surface area contributed by atoms with E-state index in [1.165, 1.54) is 16.5 Å². The van der Waals surface area contributed by atoms with Crippen molar-refractivity contribution in [3.63, 3.8) is 0 Å². The van der Waals surface area contributed by atoms with E-state index in [4.69, 9.17) is 4.74 Å². The lowest BCUT2D eigenvalue weighted by Gasteiger charge is -2.12. The maximum Gasteiger partial charge on any atom is 0.127 e. The number of fused-ring (bicyclic) bond motifs is 1. The highest BCUT2D eigenvalue weighted by Crippen LogP contribution is 2.26. The summed E-state index contributed by atoms with van der Waals surface area (Å²) in [5.74, 6) is 0.937. The van der Waals surface area contributed by atoms with Crippen molar-refractivity contribution in [3.8, 4) is 5.75 Å². The van der Waals surface area contributed by atoms with Crippen molar-refractivity contribution >= 4 is 10.8 Å². The predicted octanol–water partition coefficient (Wildman–Crippen LogP) is 4.14. The minimum atomic E-state index is 0.589. The number of rotatable bonds is 5. The molecule has 0 aliphatic carbocycles. The van der Waals surface area contributed by atoms with Crippen LogP contribution in [0.15, 0.2) is 66.7 Å². The summed E-state index contributed by atoms with van der Waals surface area (Å²) in [6, 6.07) is 22.9. The summed E-state index contributed by atoms with van der Waals surface area (Å²) in [4.78, 5) is 0. The molecule has 0 amide bonds. The van der Waals surface area contributed by atoms with Crippen LogP contribution in [0.4, 0.5) is 0 Å². The molecule has 106 valence electrons. The second kappa shape index (κ2) is 6.42. The van der Waals surface area contributed by atoms with Crippen molar-refractivity contribution in [1.82, 2.24) is 5.32 Å². The van der Waals surface area contributed by atoms with E-state index < -0.39 is 0 Å². The molecule has 0 saturated carbocycles. The molecule has 0 fully saturated rings. The van der Waals surface area contributed by atoms with Crippen molar-refractivity contribution in [1.29, 1.82) is 0 Å². The molecule has 0 radical (unpaired) electrons. The van der Waals surface area contributed by atoms with Crippen LogP contribution in [-0.4, -0.2) is 7.05 Å². The Bertz CT molecular complexity index is 731. The zero-order valence-electron chi connectivity index (χ0n) is 12.2. The van der Waals surface area contributed by atoms with E-state index in [2.05, 4.69) is 47.8 Å². The number of hydrogen-bond donors (Lipinski definition) is 1. The van der Waals surface area contributed by atoms with E-state index in [0.29, 0.717) is 6.61 Å². The first-order valence-corrected chi connectivity index (χ1v) is 7.20. The Morgan fingerprint density at radius 2 is 1.52 bits per heavy atom. The number of hydrogen-bond acceptors (Lipinski definition) is 2. The molecule has 0 spiro atoms. The molecule has 0 bridgehead atoms. The molecule has 0 aromatic heterocycles. The lowest BCUT2D eigenvalue weighted by atomic mass is 10.1. The van der Waals surface area contributed by atoms with E-state index >= 15 is 0 Å². The summed E-state index contributed by atoms with van der Waals surface area (Å²) in [7, 11) is 1.96. The minimum Gasteiger partial charge on any atom is -0.488 e. The zero-order valence-corrected chi connectivity index (χ0v) is 12.2. The first kappa shape index (κ1) is 13.7. The van der Waals surface area contributed by atoms with Crippen LogP contribution in [0.25, 0.3) is 10.8 Å². The molecule has 0 atom stereocenters. The van der Waals surface area contributed by atoms with Gasteiger partial charge in [-0.15, -0.1) is 0 Å². The Kier molecular flexibility index (Phi) is 4.17. The molecule has 2 nitrogen and oxygen atoms in total. The highest BCUT2D eigenvalue weighted by atomic mass is 16.5. The Hall–Kier alpha value is -2.32. The van der Waals surface area contributed by atoms with Gasteiger partial charge >= 0.3 is 0 Å². The third kappa shape index (κ3) is 3.06. The Balaban J connectivity index is 1.84. The van der Waals surface area contributed by atoms with Crippen molar-refractivity contribution in [2.75, 3.05) is 7.05 Å². The van der Waals surface area contributed by atoms with Crippen LogP contribution in [0.1, 0.15) is 11.1 Å². The van der Waals surface area contributed by atoms with Gasteiger partial charge in [-0.05, 0) is 29.6 Å². The summed E-state index contributed by atoms with van der Waals surface area (Å²) < 4.78 is 6.06. The first-order valence-electron chi connectivity index (χ1n) is 7.20. The van der Waals surface area contributed by atoms with Gasteiger partial charge in [-0.3, -0.25) is 0 Å². The van der Waals surface area contributed by atoms with E-state index in [0.717, 1.165) is 17.7 Å². The maximum atomic E-state index is 6.06. The topological polar surface area (TPSA) is 21.3 Å². The molecule has 3 aromatic rings. The Morgan fingerprint density at radius 3 is 2.38 bits per heavy atom. The van der Waals surface area contributed by atoms with Gasteiger partial charge in [-0.25, -0.2) is 0 Å². The Morgan fingerprint density at radius 1 is 0.810 bits per heavy atom. The molecule has 21 heavy (non-hydrogen) atoms. The van der Waals surface area contributed by atoms with Gasteiger partial charge in [-0.1, -0.05) is 60.7 Å². The van der Waals surface area contributed by atoms with Gasteiger partial charge in [0.1, 0.15) is 12.4 Å². The third-order valence-corrected chi connectivity index (χ3v) is 3.62. The number of benzene rings is 3. The van der Waals surface area contributed by atoms with Crippen molar-refractivity contribution in [3.05, 3.63) is 77.9 Å². The second-order valence-corrected chi connectivity index (χ2v) is 5.07. The minimum absolute atomic E-state index is 0.589. The monoisotopic (exact) mass is 277 g/mol. The smallest absolute Gasteiger partial charge is 0.127 e. The fourth-order valence-corrected chi connectivity index (χ4v) is 2.54. The van der Waals surface area contributed by atoms with Gasteiger partial charge < -0.3 is 10.1 Å². The van der Waals surface area contributed by atoms with Crippen molar-refractivity contribution in [2.45, 2.75) is 13.2 Å².